The molecule has 416 valence electrons. The Hall–Kier alpha value is -4.82. The Morgan fingerprint density at radius 1 is 0.667 bits per heavy atom. The minimum absolute atomic E-state index is 0.00596. The molecule has 5 rings (SSSR count). The summed E-state index contributed by atoms with van der Waals surface area (Å²) >= 11 is 0. The molecule has 0 saturated carbocycles. The van der Waals surface area contributed by atoms with Crippen molar-refractivity contribution >= 4 is 75.3 Å². The van der Waals surface area contributed by atoms with Crippen molar-refractivity contribution in [2.45, 2.75) is 79.4 Å². The Balaban J connectivity index is 1.30. The number of carbonyl (C=O) groups excluding carboxylic acids is 3. The summed E-state index contributed by atoms with van der Waals surface area (Å²) in [4.78, 5) is 40.9. The third kappa shape index (κ3) is 17.1. The van der Waals surface area contributed by atoms with E-state index in [1.54, 1.807) is 44.2 Å². The van der Waals surface area contributed by atoms with Crippen LogP contribution in [0.1, 0.15) is 69.9 Å². The monoisotopic (exact) mass is 1130 g/mol. The minimum atomic E-state index is -4.68. The molecule has 2 atom stereocenters. The first-order chi connectivity index (χ1) is 35.2. The predicted octanol–water partition coefficient (Wildman–Crippen LogP) is 3.36. The molecular weight excluding hydrogens is 1070 g/mol. The first-order valence-electron chi connectivity index (χ1n) is 23.7. The second-order valence-corrected chi connectivity index (χ2v) is 24.0. The highest BCUT2D eigenvalue weighted by atomic mass is 32.2. The third-order valence-corrected chi connectivity index (χ3v) is 16.0. The van der Waals surface area contributed by atoms with Crippen LogP contribution in [0.5, 0.6) is 0 Å². The van der Waals surface area contributed by atoms with Crippen molar-refractivity contribution < 1.29 is 99.4 Å². The highest BCUT2D eigenvalue weighted by Crippen LogP contribution is 2.51. The molecule has 3 heterocycles. The molecule has 1 saturated heterocycles. The number of fused-ring (bicyclic) bond motifs is 2. The fourth-order valence-corrected chi connectivity index (χ4v) is 11.1. The van der Waals surface area contributed by atoms with Crippen LogP contribution in [0, 0.1) is 0 Å². The van der Waals surface area contributed by atoms with Gasteiger partial charge in [-0.1, -0.05) is 18.2 Å². The number of benzene rings is 2. The first kappa shape index (κ1) is 61.0. The van der Waals surface area contributed by atoms with Gasteiger partial charge in [-0.2, -0.15) is 38.2 Å². The number of nitrogens with zero attached hydrogens (tertiary/aromatic N) is 3. The molecule has 2 unspecified atom stereocenters. The van der Waals surface area contributed by atoms with Gasteiger partial charge in [0.2, 0.25) is 5.69 Å². The number of rotatable bonds is 32. The fourth-order valence-electron chi connectivity index (χ4n) is 9.03. The van der Waals surface area contributed by atoms with Gasteiger partial charge >= 0.3 is 5.97 Å². The first-order valence-corrected chi connectivity index (χ1v) is 29.8. The van der Waals surface area contributed by atoms with Crippen LogP contribution < -0.4 is 4.90 Å². The van der Waals surface area contributed by atoms with E-state index in [4.69, 9.17) is 28.5 Å². The maximum Gasteiger partial charge on any atom is 0.335 e. The number of imide groups is 1. The summed E-state index contributed by atoms with van der Waals surface area (Å²) in [5.41, 5.74) is 1.11. The predicted molar refractivity (Wildman–Crippen MR) is 269 cm³/mol. The van der Waals surface area contributed by atoms with Gasteiger partial charge in [0.15, 0.2) is 12.3 Å². The molecule has 0 aliphatic carbocycles. The Labute approximate surface area is 436 Å². The highest BCUT2D eigenvalue weighted by Gasteiger charge is 2.48. The number of ether oxygens (including phenoxy) is 5. The molecular formula is C47H64N3O21S4+. The van der Waals surface area contributed by atoms with Gasteiger partial charge < -0.3 is 33.4 Å². The molecule has 28 heteroatoms. The summed E-state index contributed by atoms with van der Waals surface area (Å²) in [5.74, 6) is -3.08. The van der Waals surface area contributed by atoms with Crippen LogP contribution in [-0.2, 0) is 94.2 Å². The summed E-state index contributed by atoms with van der Waals surface area (Å²) in [5, 5.41) is 0.470. The number of hydroxylamine groups is 2. The fraction of sp³-hybridized carbons (Fsp3) is 0.532. The van der Waals surface area contributed by atoms with E-state index in [9.17, 15) is 66.3 Å². The van der Waals surface area contributed by atoms with Crippen LogP contribution in [0.4, 0.5) is 11.4 Å². The molecule has 2 aromatic rings. The van der Waals surface area contributed by atoms with Gasteiger partial charge in [0.1, 0.15) is 6.61 Å². The van der Waals surface area contributed by atoms with Gasteiger partial charge in [-0.15, -0.1) is 5.06 Å². The van der Waals surface area contributed by atoms with E-state index >= 15 is 0 Å². The third-order valence-electron chi connectivity index (χ3n) is 12.6. The van der Waals surface area contributed by atoms with E-state index < -0.39 is 85.5 Å². The Bertz CT molecular complexity index is 2980. The van der Waals surface area contributed by atoms with Gasteiger partial charge in [-0.25, -0.2) is 4.79 Å². The quantitative estimate of drug-likeness (QED) is 0.0268. The maximum absolute atomic E-state index is 12.4. The van der Waals surface area contributed by atoms with Crippen molar-refractivity contribution in [3.8, 4) is 0 Å². The minimum Gasteiger partial charge on any atom is -0.383 e. The lowest BCUT2D eigenvalue weighted by Crippen LogP contribution is -2.32. The lowest BCUT2D eigenvalue weighted by Gasteiger charge is -2.30. The molecule has 0 aromatic heterocycles. The summed E-state index contributed by atoms with van der Waals surface area (Å²) in [6.07, 6.45) is 8.55. The Morgan fingerprint density at radius 2 is 1.19 bits per heavy atom. The number of anilines is 1. The molecule has 75 heavy (non-hydrogen) atoms. The van der Waals surface area contributed by atoms with Crippen molar-refractivity contribution in [3.63, 3.8) is 0 Å². The van der Waals surface area contributed by atoms with Crippen molar-refractivity contribution in [3.05, 3.63) is 83.6 Å². The summed E-state index contributed by atoms with van der Waals surface area (Å²) in [6, 6.07) is 8.20. The lowest BCUT2D eigenvalue weighted by molar-refractivity contribution is -0.442. The Kier molecular flexibility index (Phi) is 21.6. The molecule has 2 aromatic carbocycles. The SMILES string of the molecule is COCCN1C(=CC=CC=CC2=[N+](CCOCCOCCOCCOCCC(=O)ON3C(=O)CCC3=O)c3ccc(S(=O)(=O)O)cc3C2(C)CCCS(=O)(=O)O)C(C)(CCCS(=O)(=O)O)c2cc(S(=O)(=O)O)ccc21. The van der Waals surface area contributed by atoms with Gasteiger partial charge in [-0.3, -0.25) is 27.8 Å². The van der Waals surface area contributed by atoms with Crippen molar-refractivity contribution in [1.29, 1.82) is 0 Å². The number of carbonyl (C=O) groups is 3. The normalized spacial score (nSPS) is 19.9. The van der Waals surface area contributed by atoms with Crippen LogP contribution in [0.3, 0.4) is 0 Å². The highest BCUT2D eigenvalue weighted by molar-refractivity contribution is 7.86. The molecule has 3 aliphatic rings. The van der Waals surface area contributed by atoms with Gasteiger partial charge in [0.05, 0.1) is 86.0 Å². The average Bonchev–Trinajstić information content (AvgIpc) is 3.85. The molecule has 0 bridgehead atoms. The summed E-state index contributed by atoms with van der Waals surface area (Å²) < 4.78 is 165. The molecule has 4 N–H and O–H groups in total. The molecule has 0 radical (unpaired) electrons. The molecule has 0 spiro atoms. The standard InChI is InChI=1S/C47H63N3O21S4/c1-46(18-7-31-72(54,55)56)37-33-35(74(60,61)62)11-13-39(37)48(20-23-66-3)41(46)9-5-4-6-10-42-47(2,19-8-32-73(57,58)59)38-34-36(75(63,64)65)12-14-40(38)49(42)21-24-68-26-28-70-30-29-69-27-25-67-22-17-45(53)71-50-43(51)15-16-44(50)52/h4-6,9-14,33-34H,7-8,15-32H2,1-3H3,(H3-,54,55,56,57,58,59,60,61,62,63,64,65)/p+1. The Morgan fingerprint density at radius 3 is 1.73 bits per heavy atom. The average molecular weight is 1140 g/mol. The summed E-state index contributed by atoms with van der Waals surface area (Å²) in [7, 11) is -16.6. The topological polar surface area (TPSA) is 334 Å². The molecule has 1 fully saturated rings. The van der Waals surface area contributed by atoms with Crippen LogP contribution in [0.15, 0.2) is 82.3 Å². The van der Waals surface area contributed by atoms with E-state index in [0.717, 1.165) is 0 Å². The van der Waals surface area contributed by atoms with Gasteiger partial charge in [0.25, 0.3) is 52.3 Å². The number of allylic oxidation sites excluding steroid dienone is 6. The maximum atomic E-state index is 12.4. The zero-order valence-corrected chi connectivity index (χ0v) is 45.0. The number of methoxy groups -OCH3 is 1. The van der Waals surface area contributed by atoms with E-state index in [2.05, 4.69) is 0 Å². The van der Waals surface area contributed by atoms with Gasteiger partial charge in [0, 0.05) is 61.0 Å². The van der Waals surface area contributed by atoms with Crippen molar-refractivity contribution in [2.24, 2.45) is 0 Å². The van der Waals surface area contributed by atoms with Crippen LogP contribution in [-0.4, -0.2) is 176 Å². The molecule has 3 aliphatic heterocycles. The number of amides is 2. The molecule has 2 amide bonds. The van der Waals surface area contributed by atoms with Crippen molar-refractivity contribution in [2.75, 3.05) is 96.1 Å². The summed E-state index contributed by atoms with van der Waals surface area (Å²) in [6.45, 7) is 5.58. The largest absolute Gasteiger partial charge is 0.383 e. The zero-order chi connectivity index (χ0) is 55.2. The smallest absolute Gasteiger partial charge is 0.335 e. The van der Waals surface area contributed by atoms with Crippen LogP contribution >= 0.6 is 0 Å². The van der Waals surface area contributed by atoms with E-state index in [1.165, 1.54) is 43.5 Å². The number of hydrogen-bond acceptors (Lipinski definition) is 18. The molecule has 24 nitrogen and oxygen atoms in total. The second-order valence-electron chi connectivity index (χ2n) is 18.0. The second kappa shape index (κ2) is 26.5. The van der Waals surface area contributed by atoms with Crippen LogP contribution in [0.2, 0.25) is 0 Å². The van der Waals surface area contributed by atoms with Crippen LogP contribution in [0.25, 0.3) is 0 Å². The van der Waals surface area contributed by atoms with E-state index in [-0.39, 0.29) is 122 Å². The van der Waals surface area contributed by atoms with Gasteiger partial charge in [-0.05, 0) is 81.5 Å². The van der Waals surface area contributed by atoms with E-state index in [0.29, 0.717) is 39.0 Å². The lowest BCUT2D eigenvalue weighted by atomic mass is 9.76. The van der Waals surface area contributed by atoms with Crippen molar-refractivity contribution in [1.82, 2.24) is 5.06 Å². The zero-order valence-electron chi connectivity index (χ0n) is 41.7. The number of hydrogen-bond donors (Lipinski definition) is 4. The van der Waals surface area contributed by atoms with E-state index in [1.807, 2.05) is 9.48 Å².